The van der Waals surface area contributed by atoms with Gasteiger partial charge in [0.15, 0.2) is 16.6 Å². The maximum Gasteiger partial charge on any atom is 0.301 e. The summed E-state index contributed by atoms with van der Waals surface area (Å²) in [5.41, 5.74) is 1.56. The quantitative estimate of drug-likeness (QED) is 0.158. The van der Waals surface area contributed by atoms with Gasteiger partial charge in [-0.15, -0.1) is 0 Å². The number of Topliss-reactive ketones (excluding diaryl/α,β-unsaturated/α-hetero) is 1. The molecule has 6 rings (SSSR count). The number of thiazole rings is 1. The molecular weight excluding hydrogens is 544 g/mol. The molecule has 210 valence electrons. The van der Waals surface area contributed by atoms with Crippen LogP contribution in [0.15, 0.2) is 66.2 Å². The summed E-state index contributed by atoms with van der Waals surface area (Å²) in [5.74, 6) is 0.388. The van der Waals surface area contributed by atoms with Crippen LogP contribution >= 0.6 is 11.3 Å². The van der Waals surface area contributed by atoms with Crippen LogP contribution in [0.1, 0.15) is 37.4 Å². The summed E-state index contributed by atoms with van der Waals surface area (Å²) >= 11 is 1.27. The second kappa shape index (κ2) is 11.1. The minimum Gasteiger partial charge on any atom is -0.507 e. The number of hydrogen-bond acceptors (Lipinski definition) is 9. The molecule has 2 aliphatic rings. The summed E-state index contributed by atoms with van der Waals surface area (Å²) in [6, 6.07) is 16.7. The van der Waals surface area contributed by atoms with Gasteiger partial charge in [-0.1, -0.05) is 30.4 Å². The largest absolute Gasteiger partial charge is 0.507 e. The number of benzene rings is 3. The highest BCUT2D eigenvalue weighted by Gasteiger charge is 2.48. The van der Waals surface area contributed by atoms with Crippen molar-refractivity contribution in [2.45, 2.75) is 26.3 Å². The van der Waals surface area contributed by atoms with Gasteiger partial charge in [0.05, 0.1) is 35.0 Å². The Balaban J connectivity index is 1.50. The van der Waals surface area contributed by atoms with E-state index in [0.29, 0.717) is 71.2 Å². The zero-order chi connectivity index (χ0) is 28.5. The van der Waals surface area contributed by atoms with Gasteiger partial charge >= 0.3 is 5.91 Å². The maximum atomic E-state index is 13.7. The van der Waals surface area contributed by atoms with Gasteiger partial charge in [-0.05, 0) is 67.4 Å². The molecule has 2 aliphatic heterocycles. The summed E-state index contributed by atoms with van der Waals surface area (Å²) in [4.78, 5) is 33.4. The van der Waals surface area contributed by atoms with Gasteiger partial charge in [-0.2, -0.15) is 0 Å². The molecule has 1 N–H and O–H groups in total. The summed E-state index contributed by atoms with van der Waals surface area (Å²) in [5, 5.41) is 11.9. The Morgan fingerprint density at radius 1 is 1.00 bits per heavy atom. The number of amides is 1. The first-order chi connectivity index (χ1) is 20.0. The summed E-state index contributed by atoms with van der Waals surface area (Å²) < 4.78 is 23.6. The Kier molecular flexibility index (Phi) is 7.23. The fourth-order valence-corrected chi connectivity index (χ4v) is 5.96. The molecule has 0 spiro atoms. The minimum absolute atomic E-state index is 0.0476. The number of fused-ring (bicyclic) bond motifs is 2. The first kappa shape index (κ1) is 26.6. The molecule has 0 radical (unpaired) electrons. The smallest absolute Gasteiger partial charge is 0.301 e. The van der Waals surface area contributed by atoms with Gasteiger partial charge in [0.2, 0.25) is 0 Å². The van der Waals surface area contributed by atoms with E-state index in [1.165, 1.54) is 16.2 Å². The van der Waals surface area contributed by atoms with E-state index in [4.69, 9.17) is 23.9 Å². The van der Waals surface area contributed by atoms with Crippen molar-refractivity contribution in [3.05, 3.63) is 77.4 Å². The minimum atomic E-state index is -0.944. The Labute approximate surface area is 240 Å². The molecule has 41 heavy (non-hydrogen) atoms. The van der Waals surface area contributed by atoms with Crippen LogP contribution < -0.4 is 23.8 Å². The van der Waals surface area contributed by atoms with Crippen molar-refractivity contribution >= 4 is 44.1 Å². The Bertz CT molecular complexity index is 1680. The molecule has 0 unspecified atom stereocenters. The molecule has 1 amide bonds. The predicted molar refractivity (Wildman–Crippen MR) is 155 cm³/mol. The third-order valence-electron chi connectivity index (χ3n) is 6.77. The van der Waals surface area contributed by atoms with Crippen molar-refractivity contribution in [1.82, 2.24) is 4.98 Å². The Hall–Kier alpha value is -4.57. The summed E-state index contributed by atoms with van der Waals surface area (Å²) in [6.45, 7) is 5.74. The summed E-state index contributed by atoms with van der Waals surface area (Å²) in [6.07, 6.45) is 0.822. The lowest BCUT2D eigenvalue weighted by Crippen LogP contribution is -2.29. The van der Waals surface area contributed by atoms with E-state index in [-0.39, 0.29) is 11.3 Å². The van der Waals surface area contributed by atoms with Crippen LogP contribution in [-0.2, 0) is 9.59 Å². The fraction of sp³-hybridized carbons (Fsp3) is 0.258. The molecule has 3 aromatic carbocycles. The van der Waals surface area contributed by atoms with Crippen LogP contribution in [0.2, 0.25) is 0 Å². The average Bonchev–Trinajstić information content (AvgIpc) is 3.53. The normalized spacial score (nSPS) is 17.7. The van der Waals surface area contributed by atoms with Crippen molar-refractivity contribution in [2.24, 2.45) is 0 Å². The topological polar surface area (TPSA) is 107 Å². The molecule has 10 heteroatoms. The number of nitrogens with zero attached hydrogens (tertiary/aromatic N) is 2. The molecular formula is C31H28N2O7S. The van der Waals surface area contributed by atoms with Crippen LogP contribution in [0, 0.1) is 0 Å². The van der Waals surface area contributed by atoms with E-state index >= 15 is 0 Å². The molecule has 3 heterocycles. The SMILES string of the molecule is CCCOc1cccc([C@H]2/C(=C(\O)c3ccc4c(c3)OCCO4)C(=O)C(=O)N2c2nc3ccc(OCC)cc3s2)c1. The van der Waals surface area contributed by atoms with Gasteiger partial charge in [0.1, 0.15) is 30.5 Å². The number of anilines is 1. The lowest BCUT2D eigenvalue weighted by Gasteiger charge is -2.23. The Morgan fingerprint density at radius 3 is 2.61 bits per heavy atom. The number of carbonyl (C=O) groups is 2. The lowest BCUT2D eigenvalue weighted by molar-refractivity contribution is -0.132. The third-order valence-corrected chi connectivity index (χ3v) is 7.79. The molecule has 1 atom stereocenters. The predicted octanol–water partition coefficient (Wildman–Crippen LogP) is 5.88. The number of hydrogen-bond donors (Lipinski definition) is 1. The molecule has 9 nitrogen and oxygen atoms in total. The second-order valence-corrected chi connectivity index (χ2v) is 10.5. The molecule has 0 bridgehead atoms. The van der Waals surface area contributed by atoms with E-state index in [9.17, 15) is 14.7 Å². The van der Waals surface area contributed by atoms with Crippen LogP contribution in [0.4, 0.5) is 5.13 Å². The fourth-order valence-electron chi connectivity index (χ4n) is 4.94. The number of aliphatic hydroxyl groups excluding tert-OH is 1. The van der Waals surface area contributed by atoms with E-state index < -0.39 is 17.7 Å². The monoisotopic (exact) mass is 572 g/mol. The number of ether oxygens (including phenoxy) is 4. The first-order valence-electron chi connectivity index (χ1n) is 13.5. The van der Waals surface area contributed by atoms with Crippen molar-refractivity contribution < 1.29 is 33.6 Å². The van der Waals surface area contributed by atoms with Gasteiger partial charge in [0.25, 0.3) is 5.78 Å². The standard InChI is InChI=1S/C31H28N2O7S/c1-3-12-38-20-7-5-6-18(15-20)27-26(28(34)19-8-11-23-24(16-19)40-14-13-39-23)29(35)30(36)33(27)31-32-22-10-9-21(37-4-2)17-25(22)41-31/h5-11,15-17,27,34H,3-4,12-14H2,1-2H3/b28-26+/t27-/m0/s1. The highest BCUT2D eigenvalue weighted by Crippen LogP contribution is 2.46. The van der Waals surface area contributed by atoms with E-state index in [0.717, 1.165) is 11.1 Å². The van der Waals surface area contributed by atoms with Crippen LogP contribution in [0.5, 0.6) is 23.0 Å². The van der Waals surface area contributed by atoms with Crippen molar-refractivity contribution in [1.29, 1.82) is 0 Å². The van der Waals surface area contributed by atoms with Gasteiger partial charge in [-0.3, -0.25) is 14.5 Å². The van der Waals surface area contributed by atoms with Gasteiger partial charge in [-0.25, -0.2) is 4.98 Å². The van der Waals surface area contributed by atoms with E-state index in [1.54, 1.807) is 36.4 Å². The highest BCUT2D eigenvalue weighted by molar-refractivity contribution is 7.22. The van der Waals surface area contributed by atoms with E-state index in [2.05, 4.69) is 0 Å². The third kappa shape index (κ3) is 4.95. The van der Waals surface area contributed by atoms with Crippen molar-refractivity contribution in [3.63, 3.8) is 0 Å². The van der Waals surface area contributed by atoms with Crippen LogP contribution in [-0.4, -0.2) is 48.2 Å². The number of aliphatic hydroxyl groups is 1. The molecule has 1 saturated heterocycles. The zero-order valence-corrected chi connectivity index (χ0v) is 23.4. The maximum absolute atomic E-state index is 13.7. The lowest BCUT2D eigenvalue weighted by atomic mass is 9.95. The van der Waals surface area contributed by atoms with E-state index in [1.807, 2.05) is 38.1 Å². The number of ketones is 1. The Morgan fingerprint density at radius 2 is 1.80 bits per heavy atom. The summed E-state index contributed by atoms with van der Waals surface area (Å²) in [7, 11) is 0. The van der Waals surface area contributed by atoms with Crippen LogP contribution in [0.25, 0.3) is 16.0 Å². The van der Waals surface area contributed by atoms with Gasteiger partial charge < -0.3 is 24.1 Å². The van der Waals surface area contributed by atoms with Gasteiger partial charge in [0, 0.05) is 5.56 Å². The molecule has 1 fully saturated rings. The average molecular weight is 573 g/mol. The number of carbonyl (C=O) groups excluding carboxylic acids is 2. The molecule has 1 aromatic heterocycles. The molecule has 0 saturated carbocycles. The molecule has 0 aliphatic carbocycles. The number of aromatic nitrogens is 1. The first-order valence-corrected chi connectivity index (χ1v) is 14.3. The second-order valence-electron chi connectivity index (χ2n) is 9.51. The molecule has 4 aromatic rings. The highest BCUT2D eigenvalue weighted by atomic mass is 32.1. The van der Waals surface area contributed by atoms with Crippen molar-refractivity contribution in [2.75, 3.05) is 31.3 Å². The zero-order valence-electron chi connectivity index (χ0n) is 22.6. The van der Waals surface area contributed by atoms with Crippen molar-refractivity contribution in [3.8, 4) is 23.0 Å². The van der Waals surface area contributed by atoms with Crippen LogP contribution in [0.3, 0.4) is 0 Å². The number of rotatable bonds is 8.